The molecule has 0 N–H and O–H groups in total. The molecule has 0 aliphatic carbocycles. The van der Waals surface area contributed by atoms with E-state index in [4.69, 9.17) is 23.2 Å². The van der Waals surface area contributed by atoms with Gasteiger partial charge in [-0.2, -0.15) is 5.10 Å². The van der Waals surface area contributed by atoms with Gasteiger partial charge in [0.15, 0.2) is 5.82 Å². The third-order valence-electron chi connectivity index (χ3n) is 3.47. The summed E-state index contributed by atoms with van der Waals surface area (Å²) in [4.78, 5) is 6.40. The van der Waals surface area contributed by atoms with Gasteiger partial charge in [0.05, 0.1) is 6.34 Å². The molecule has 23 heavy (non-hydrogen) atoms. The largest absolute Gasteiger partial charge is 0.369 e. The van der Waals surface area contributed by atoms with Crippen molar-refractivity contribution < 1.29 is 0 Å². The Kier molecular flexibility index (Phi) is 4.28. The fraction of sp³-hybridized carbons (Fsp3) is 0.176. The molecule has 0 radical (unpaired) electrons. The second-order valence-corrected chi connectivity index (χ2v) is 6.32. The predicted molar refractivity (Wildman–Crippen MR) is 98.0 cm³/mol. The molecule has 6 heteroatoms. The molecule has 0 saturated heterocycles. The van der Waals surface area contributed by atoms with Crippen molar-refractivity contribution in [3.05, 3.63) is 46.4 Å². The SMILES string of the molecule is CN(C)/C=N/c1c2cccc(-c3ccc(Cl)cc3Cl)c2nn1C. The number of hydrogen-bond donors (Lipinski definition) is 0. The van der Waals surface area contributed by atoms with Gasteiger partial charge >= 0.3 is 0 Å². The lowest BCUT2D eigenvalue weighted by Gasteiger charge is -2.06. The lowest BCUT2D eigenvalue weighted by atomic mass is 10.0. The lowest BCUT2D eigenvalue weighted by Crippen LogP contribution is -2.07. The Bertz CT molecular complexity index is 897. The predicted octanol–water partition coefficient (Wildman–Crippen LogP) is 4.77. The van der Waals surface area contributed by atoms with Gasteiger partial charge in [-0.25, -0.2) is 9.67 Å². The number of hydrogen-bond acceptors (Lipinski definition) is 2. The molecule has 2 aromatic carbocycles. The van der Waals surface area contributed by atoms with Gasteiger partial charge < -0.3 is 4.90 Å². The number of halogens is 2. The summed E-state index contributed by atoms with van der Waals surface area (Å²) < 4.78 is 1.78. The minimum atomic E-state index is 0.606. The summed E-state index contributed by atoms with van der Waals surface area (Å²) in [5.41, 5.74) is 2.74. The Hall–Kier alpha value is -2.04. The van der Waals surface area contributed by atoms with Gasteiger partial charge in [0, 0.05) is 47.7 Å². The topological polar surface area (TPSA) is 33.4 Å². The van der Waals surface area contributed by atoms with Crippen LogP contribution in [0.2, 0.25) is 10.0 Å². The molecule has 0 spiro atoms. The molecule has 0 amide bonds. The Morgan fingerprint density at radius 3 is 2.61 bits per heavy atom. The van der Waals surface area contributed by atoms with E-state index < -0.39 is 0 Å². The Labute approximate surface area is 144 Å². The maximum absolute atomic E-state index is 6.36. The van der Waals surface area contributed by atoms with Crippen molar-refractivity contribution in [3.63, 3.8) is 0 Å². The molecule has 1 aromatic heterocycles. The first-order valence-electron chi connectivity index (χ1n) is 7.09. The van der Waals surface area contributed by atoms with Gasteiger partial charge in [0.1, 0.15) is 5.52 Å². The summed E-state index contributed by atoms with van der Waals surface area (Å²) in [7, 11) is 5.75. The van der Waals surface area contributed by atoms with E-state index in [1.807, 2.05) is 56.4 Å². The average Bonchev–Trinajstić information content (AvgIpc) is 2.81. The number of aryl methyl sites for hydroxylation is 1. The molecule has 0 fully saturated rings. The van der Waals surface area contributed by atoms with E-state index in [1.54, 1.807) is 17.1 Å². The van der Waals surface area contributed by atoms with Crippen molar-refractivity contribution in [2.24, 2.45) is 12.0 Å². The summed E-state index contributed by atoms with van der Waals surface area (Å²) in [5.74, 6) is 0.806. The van der Waals surface area contributed by atoms with Crippen LogP contribution in [0.3, 0.4) is 0 Å². The minimum Gasteiger partial charge on any atom is -0.369 e. The monoisotopic (exact) mass is 346 g/mol. The third kappa shape index (κ3) is 3.05. The van der Waals surface area contributed by atoms with Gasteiger partial charge in [0.25, 0.3) is 0 Å². The van der Waals surface area contributed by atoms with Crippen molar-refractivity contribution in [3.8, 4) is 11.1 Å². The summed E-state index contributed by atoms with van der Waals surface area (Å²) >= 11 is 12.4. The standard InChI is InChI=1S/C17H16Cl2N4/c1-22(2)10-20-17-14-6-4-5-13(16(14)21-23(17)3)12-8-7-11(18)9-15(12)19/h4-10H,1-3H3/b20-10+. The third-order valence-corrected chi connectivity index (χ3v) is 4.01. The highest BCUT2D eigenvalue weighted by molar-refractivity contribution is 6.36. The van der Waals surface area contributed by atoms with Crippen molar-refractivity contribution in [1.29, 1.82) is 0 Å². The van der Waals surface area contributed by atoms with Crippen LogP contribution in [0, 0.1) is 0 Å². The van der Waals surface area contributed by atoms with Crippen LogP contribution in [-0.4, -0.2) is 35.1 Å². The molecule has 118 valence electrons. The van der Waals surface area contributed by atoms with E-state index in [1.165, 1.54) is 0 Å². The van der Waals surface area contributed by atoms with E-state index in [2.05, 4.69) is 10.1 Å². The second kappa shape index (κ2) is 6.22. The highest BCUT2D eigenvalue weighted by atomic mass is 35.5. The maximum Gasteiger partial charge on any atom is 0.159 e. The molecular weight excluding hydrogens is 331 g/mol. The first kappa shape index (κ1) is 15.8. The zero-order chi connectivity index (χ0) is 16.6. The first-order valence-corrected chi connectivity index (χ1v) is 7.84. The van der Waals surface area contributed by atoms with E-state index >= 15 is 0 Å². The number of aromatic nitrogens is 2. The summed E-state index contributed by atoms with van der Waals surface area (Å²) in [6, 6.07) is 11.5. The van der Waals surface area contributed by atoms with E-state index in [0.29, 0.717) is 10.0 Å². The Morgan fingerprint density at radius 2 is 1.91 bits per heavy atom. The highest BCUT2D eigenvalue weighted by Crippen LogP contribution is 2.37. The van der Waals surface area contributed by atoms with E-state index in [0.717, 1.165) is 27.8 Å². The van der Waals surface area contributed by atoms with Crippen LogP contribution < -0.4 is 0 Å². The van der Waals surface area contributed by atoms with Crippen LogP contribution >= 0.6 is 23.2 Å². The number of rotatable bonds is 3. The zero-order valence-electron chi connectivity index (χ0n) is 13.1. The van der Waals surface area contributed by atoms with Crippen LogP contribution in [-0.2, 0) is 7.05 Å². The second-order valence-electron chi connectivity index (χ2n) is 5.48. The van der Waals surface area contributed by atoms with Gasteiger partial charge in [0.2, 0.25) is 0 Å². The van der Waals surface area contributed by atoms with E-state index in [9.17, 15) is 0 Å². The van der Waals surface area contributed by atoms with Crippen molar-refractivity contribution in [2.75, 3.05) is 14.1 Å². The Balaban J connectivity index is 2.22. The average molecular weight is 347 g/mol. The summed E-state index contributed by atoms with van der Waals surface area (Å²) in [5, 5.41) is 6.82. The molecule has 0 aliphatic heterocycles. The molecule has 0 unspecified atom stereocenters. The molecule has 3 rings (SSSR count). The van der Waals surface area contributed by atoms with Gasteiger partial charge in [-0.05, 0) is 18.2 Å². The lowest BCUT2D eigenvalue weighted by molar-refractivity contribution is 0.641. The van der Waals surface area contributed by atoms with Crippen LogP contribution in [0.4, 0.5) is 5.82 Å². The summed E-state index contributed by atoms with van der Waals surface area (Å²) in [6.45, 7) is 0. The van der Waals surface area contributed by atoms with Crippen LogP contribution in [0.15, 0.2) is 41.4 Å². The number of benzene rings is 2. The molecule has 1 heterocycles. The maximum atomic E-state index is 6.36. The molecule has 0 atom stereocenters. The zero-order valence-corrected chi connectivity index (χ0v) is 14.6. The van der Waals surface area contributed by atoms with E-state index in [-0.39, 0.29) is 0 Å². The van der Waals surface area contributed by atoms with Crippen LogP contribution in [0.5, 0.6) is 0 Å². The quantitative estimate of drug-likeness (QED) is 0.505. The fourth-order valence-corrected chi connectivity index (χ4v) is 2.96. The number of fused-ring (bicyclic) bond motifs is 1. The van der Waals surface area contributed by atoms with Gasteiger partial charge in [-0.15, -0.1) is 0 Å². The highest BCUT2D eigenvalue weighted by Gasteiger charge is 2.14. The van der Waals surface area contributed by atoms with Crippen molar-refractivity contribution in [2.45, 2.75) is 0 Å². The first-order chi connectivity index (χ1) is 11.0. The molecular formula is C17H16Cl2N4. The number of aliphatic imine (C=N–C) groups is 1. The van der Waals surface area contributed by atoms with Crippen molar-refractivity contribution >= 4 is 46.3 Å². The normalized spacial score (nSPS) is 11.5. The molecule has 0 saturated carbocycles. The molecule has 0 aliphatic rings. The van der Waals surface area contributed by atoms with Crippen molar-refractivity contribution in [1.82, 2.24) is 14.7 Å². The van der Waals surface area contributed by atoms with Gasteiger partial charge in [-0.1, -0.05) is 41.4 Å². The number of nitrogens with zero attached hydrogens (tertiary/aromatic N) is 4. The van der Waals surface area contributed by atoms with Crippen LogP contribution in [0.25, 0.3) is 22.0 Å². The smallest absolute Gasteiger partial charge is 0.159 e. The van der Waals surface area contributed by atoms with Gasteiger partial charge in [-0.3, -0.25) is 0 Å². The van der Waals surface area contributed by atoms with Crippen LogP contribution in [0.1, 0.15) is 0 Å². The fourth-order valence-electron chi connectivity index (χ4n) is 2.45. The Morgan fingerprint density at radius 1 is 1.13 bits per heavy atom. The molecule has 4 nitrogen and oxygen atoms in total. The molecule has 3 aromatic rings. The minimum absolute atomic E-state index is 0.606. The summed E-state index contributed by atoms with van der Waals surface area (Å²) in [6.07, 6.45) is 1.76. The molecule has 0 bridgehead atoms.